The first-order valence-electron chi connectivity index (χ1n) is 5.68. The van der Waals surface area contributed by atoms with E-state index < -0.39 is 25.5 Å². The van der Waals surface area contributed by atoms with Crippen LogP contribution >= 0.6 is 11.6 Å². The van der Waals surface area contributed by atoms with Crippen LogP contribution in [0.15, 0.2) is 47.5 Å². The van der Waals surface area contributed by atoms with Crippen LogP contribution in [0.1, 0.15) is 0 Å². The number of nitro benzene ring substituents is 1. The average molecular weight is 328 g/mol. The number of hydrogen-bond donors (Lipinski definition) is 0. The lowest BCUT2D eigenvalue weighted by Crippen LogP contribution is -2.27. The molecule has 2 rings (SSSR count). The van der Waals surface area contributed by atoms with E-state index in [4.69, 9.17) is 11.6 Å². The molecule has 0 fully saturated rings. The monoisotopic (exact) mass is 327 g/mol. The molecular weight excluding hydrogens is 318 g/mol. The fourth-order valence-corrected chi connectivity index (χ4v) is 3.37. The van der Waals surface area contributed by atoms with Gasteiger partial charge in [-0.3, -0.25) is 14.4 Å². The van der Waals surface area contributed by atoms with Crippen LogP contribution in [0, 0.1) is 10.1 Å². The van der Waals surface area contributed by atoms with Gasteiger partial charge in [0.25, 0.3) is 15.7 Å². The van der Waals surface area contributed by atoms with Crippen molar-refractivity contribution in [2.24, 2.45) is 0 Å². The van der Waals surface area contributed by atoms with Crippen LogP contribution in [-0.2, 0) is 10.0 Å². The second-order valence-electron chi connectivity index (χ2n) is 4.01. The highest BCUT2D eigenvalue weighted by molar-refractivity contribution is 7.93. The first kappa shape index (κ1) is 15.2. The summed E-state index contributed by atoms with van der Waals surface area (Å²) in [5, 5.41) is 11.0. The lowest BCUT2D eigenvalue weighted by Gasteiger charge is -2.19. The van der Waals surface area contributed by atoms with Crippen molar-refractivity contribution in [3.05, 3.63) is 57.9 Å². The molecule has 0 unspecified atom stereocenters. The fourth-order valence-electron chi connectivity index (χ4n) is 1.72. The molecular formula is C12H10ClN3O4S. The van der Waals surface area contributed by atoms with Gasteiger partial charge in [-0.25, -0.2) is 13.4 Å². The first-order chi connectivity index (χ1) is 9.85. The second-order valence-corrected chi connectivity index (χ2v) is 6.31. The Hall–Kier alpha value is -2.19. The van der Waals surface area contributed by atoms with Crippen molar-refractivity contribution in [2.45, 2.75) is 4.90 Å². The standard InChI is InChI=1S/C12H10ClN3O4S/c1-15(10-6-4-8-14-12(10)13)21(19,20)11-7-3-2-5-9(11)16(17)18/h2-8H,1H3. The van der Waals surface area contributed by atoms with E-state index in [1.807, 2.05) is 0 Å². The Labute approximate surface area is 126 Å². The van der Waals surface area contributed by atoms with Gasteiger partial charge < -0.3 is 0 Å². The molecule has 2 aromatic rings. The summed E-state index contributed by atoms with van der Waals surface area (Å²) in [7, 11) is -2.86. The van der Waals surface area contributed by atoms with E-state index in [-0.39, 0.29) is 10.8 Å². The molecule has 0 radical (unpaired) electrons. The van der Waals surface area contributed by atoms with Gasteiger partial charge in [-0.15, -0.1) is 0 Å². The molecule has 21 heavy (non-hydrogen) atoms. The highest BCUT2D eigenvalue weighted by Crippen LogP contribution is 2.31. The molecule has 0 saturated heterocycles. The average Bonchev–Trinajstić information content (AvgIpc) is 2.47. The molecule has 0 spiro atoms. The van der Waals surface area contributed by atoms with Crippen molar-refractivity contribution >= 4 is 33.0 Å². The van der Waals surface area contributed by atoms with Gasteiger partial charge >= 0.3 is 0 Å². The molecule has 0 saturated carbocycles. The number of aromatic nitrogens is 1. The summed E-state index contributed by atoms with van der Waals surface area (Å²) in [6.45, 7) is 0. The van der Waals surface area contributed by atoms with Gasteiger partial charge in [-0.1, -0.05) is 23.7 Å². The molecule has 1 heterocycles. The first-order valence-corrected chi connectivity index (χ1v) is 7.50. The normalized spacial score (nSPS) is 11.1. The molecule has 9 heteroatoms. The Morgan fingerprint density at radius 1 is 1.24 bits per heavy atom. The molecule has 7 nitrogen and oxygen atoms in total. The summed E-state index contributed by atoms with van der Waals surface area (Å²) in [4.78, 5) is 13.6. The van der Waals surface area contributed by atoms with Crippen molar-refractivity contribution in [2.75, 3.05) is 11.4 Å². The molecule has 0 aliphatic rings. The highest BCUT2D eigenvalue weighted by Gasteiger charge is 2.30. The van der Waals surface area contributed by atoms with Crippen molar-refractivity contribution in [3.63, 3.8) is 0 Å². The minimum atomic E-state index is -4.12. The Morgan fingerprint density at radius 3 is 2.52 bits per heavy atom. The number of halogens is 1. The third-order valence-electron chi connectivity index (χ3n) is 2.78. The maximum absolute atomic E-state index is 12.5. The largest absolute Gasteiger partial charge is 0.289 e. The van der Waals surface area contributed by atoms with Crippen molar-refractivity contribution < 1.29 is 13.3 Å². The van der Waals surface area contributed by atoms with Gasteiger partial charge in [0.15, 0.2) is 10.0 Å². The number of rotatable bonds is 4. The molecule has 0 bridgehead atoms. The Kier molecular flexibility index (Phi) is 4.10. The van der Waals surface area contributed by atoms with Gasteiger partial charge in [0, 0.05) is 19.3 Å². The highest BCUT2D eigenvalue weighted by atomic mass is 35.5. The third kappa shape index (κ3) is 2.81. The lowest BCUT2D eigenvalue weighted by atomic mass is 10.3. The molecule has 0 aliphatic heterocycles. The van der Waals surface area contributed by atoms with E-state index in [1.54, 1.807) is 0 Å². The van der Waals surface area contributed by atoms with Crippen LogP contribution in [-0.4, -0.2) is 25.4 Å². The predicted octanol–water partition coefficient (Wildman–Crippen LogP) is 2.47. The van der Waals surface area contributed by atoms with E-state index in [9.17, 15) is 18.5 Å². The van der Waals surface area contributed by atoms with Crippen LogP contribution in [0.25, 0.3) is 0 Å². The molecule has 1 aromatic carbocycles. The van der Waals surface area contributed by atoms with E-state index in [2.05, 4.69) is 4.98 Å². The maximum atomic E-state index is 12.5. The minimum absolute atomic E-state index is 0.0119. The number of sulfonamides is 1. The molecule has 0 atom stereocenters. The third-order valence-corrected chi connectivity index (χ3v) is 4.89. The van der Waals surface area contributed by atoms with Crippen molar-refractivity contribution in [1.82, 2.24) is 4.98 Å². The zero-order chi connectivity index (χ0) is 15.6. The summed E-state index contributed by atoms with van der Waals surface area (Å²) in [5.41, 5.74) is -0.360. The van der Waals surface area contributed by atoms with E-state index >= 15 is 0 Å². The summed E-state index contributed by atoms with van der Waals surface area (Å²) in [6.07, 6.45) is 1.41. The van der Waals surface area contributed by atoms with Gasteiger partial charge in [-0.05, 0) is 18.2 Å². The number of para-hydroxylation sites is 1. The summed E-state index contributed by atoms with van der Waals surface area (Å²) in [5.74, 6) is 0. The Balaban J connectivity index is 2.58. The summed E-state index contributed by atoms with van der Waals surface area (Å²) in [6, 6.07) is 8.10. The minimum Gasteiger partial charge on any atom is -0.266 e. The van der Waals surface area contributed by atoms with Crippen molar-refractivity contribution in [1.29, 1.82) is 0 Å². The van der Waals surface area contributed by atoms with Gasteiger partial charge in [0.2, 0.25) is 0 Å². The van der Waals surface area contributed by atoms with Crippen LogP contribution in [0.2, 0.25) is 5.15 Å². The van der Waals surface area contributed by atoms with Crippen molar-refractivity contribution in [3.8, 4) is 0 Å². The van der Waals surface area contributed by atoms with Gasteiger partial charge in [0.05, 0.1) is 10.6 Å². The summed E-state index contributed by atoms with van der Waals surface area (Å²) < 4.78 is 26.0. The van der Waals surface area contributed by atoms with E-state index in [1.165, 1.54) is 43.6 Å². The number of anilines is 1. The topological polar surface area (TPSA) is 93.4 Å². The second kappa shape index (κ2) is 5.66. The number of hydrogen-bond acceptors (Lipinski definition) is 5. The number of benzene rings is 1. The molecule has 110 valence electrons. The van der Waals surface area contributed by atoms with E-state index in [0.717, 1.165) is 10.4 Å². The van der Waals surface area contributed by atoms with Gasteiger partial charge in [0.1, 0.15) is 0 Å². The zero-order valence-electron chi connectivity index (χ0n) is 10.8. The molecule has 1 aromatic heterocycles. The van der Waals surface area contributed by atoms with Crippen LogP contribution in [0.5, 0.6) is 0 Å². The SMILES string of the molecule is CN(c1cccnc1Cl)S(=O)(=O)c1ccccc1[N+](=O)[O-]. The van der Waals surface area contributed by atoms with Crippen LogP contribution < -0.4 is 4.31 Å². The molecule has 0 N–H and O–H groups in total. The zero-order valence-corrected chi connectivity index (χ0v) is 12.4. The Morgan fingerprint density at radius 2 is 1.90 bits per heavy atom. The van der Waals surface area contributed by atoms with Gasteiger partial charge in [-0.2, -0.15) is 0 Å². The van der Waals surface area contributed by atoms with Crippen LogP contribution in [0.4, 0.5) is 11.4 Å². The number of nitrogens with zero attached hydrogens (tertiary/aromatic N) is 3. The molecule has 0 amide bonds. The van der Waals surface area contributed by atoms with E-state index in [0.29, 0.717) is 0 Å². The summed E-state index contributed by atoms with van der Waals surface area (Å²) >= 11 is 5.86. The predicted molar refractivity (Wildman–Crippen MR) is 77.9 cm³/mol. The lowest BCUT2D eigenvalue weighted by molar-refractivity contribution is -0.387. The molecule has 0 aliphatic carbocycles. The fraction of sp³-hybridized carbons (Fsp3) is 0.0833. The maximum Gasteiger partial charge on any atom is 0.289 e. The smallest absolute Gasteiger partial charge is 0.266 e. The Bertz CT molecular complexity index is 795. The quantitative estimate of drug-likeness (QED) is 0.488. The number of nitro groups is 1. The number of pyridine rings is 1. The van der Waals surface area contributed by atoms with Crippen LogP contribution in [0.3, 0.4) is 0 Å².